The molecule has 6 rings (SSSR count). The normalized spacial score (nSPS) is 17.7. The Labute approximate surface area is 228 Å². The molecule has 0 spiro atoms. The number of nitrogens with one attached hydrogen (secondary N) is 1. The molecule has 1 atom stereocenters. The molecule has 4 aromatic rings. The van der Waals surface area contributed by atoms with Crippen molar-refractivity contribution < 1.29 is 14.3 Å². The van der Waals surface area contributed by atoms with Crippen LogP contribution >= 0.6 is 0 Å². The number of allylic oxidation sites excluding steroid dienone is 2. The Morgan fingerprint density at radius 1 is 1.00 bits per heavy atom. The van der Waals surface area contributed by atoms with E-state index in [1.165, 1.54) is 0 Å². The first-order valence-electron chi connectivity index (χ1n) is 13.2. The van der Waals surface area contributed by atoms with Crippen LogP contribution in [0.15, 0.2) is 84.1 Å². The Hall–Kier alpha value is -4.39. The molecular weight excluding hydrogens is 488 g/mol. The summed E-state index contributed by atoms with van der Waals surface area (Å²) in [5.74, 6) is 2.63. The number of benzene rings is 3. The number of carbonyl (C=O) groups is 1. The smallest absolute Gasteiger partial charge is 0.226 e. The molecule has 2 aliphatic rings. The molecule has 39 heavy (non-hydrogen) atoms. The van der Waals surface area contributed by atoms with Crippen molar-refractivity contribution in [2.75, 3.05) is 12.4 Å². The third-order valence-electron chi connectivity index (χ3n) is 7.46. The summed E-state index contributed by atoms with van der Waals surface area (Å²) in [6.45, 7) is 6.74. The molecule has 0 bridgehead atoms. The highest BCUT2D eigenvalue weighted by molar-refractivity contribution is 6.00. The van der Waals surface area contributed by atoms with E-state index in [9.17, 15) is 4.79 Å². The first-order valence-corrected chi connectivity index (χ1v) is 13.2. The molecule has 3 aromatic carbocycles. The summed E-state index contributed by atoms with van der Waals surface area (Å²) in [5, 5.41) is 8.40. The Morgan fingerprint density at radius 2 is 1.77 bits per heavy atom. The molecule has 0 saturated carbocycles. The van der Waals surface area contributed by atoms with Gasteiger partial charge in [0.1, 0.15) is 12.6 Å². The molecule has 1 aromatic heterocycles. The molecule has 7 heteroatoms. The second kappa shape index (κ2) is 9.73. The van der Waals surface area contributed by atoms with Crippen LogP contribution in [0.1, 0.15) is 49.4 Å². The Kier molecular flexibility index (Phi) is 6.22. The van der Waals surface area contributed by atoms with Crippen molar-refractivity contribution in [2.45, 2.75) is 46.3 Å². The fraction of sp³-hybridized carbons (Fsp3) is 0.281. The third-order valence-corrected chi connectivity index (χ3v) is 7.46. The fourth-order valence-corrected chi connectivity index (χ4v) is 5.56. The zero-order valence-electron chi connectivity index (χ0n) is 22.7. The van der Waals surface area contributed by atoms with Crippen molar-refractivity contribution in [3.05, 3.63) is 101 Å². The van der Waals surface area contributed by atoms with Crippen LogP contribution in [0.4, 0.5) is 5.95 Å². The van der Waals surface area contributed by atoms with Gasteiger partial charge in [-0.25, -0.2) is 4.68 Å². The van der Waals surface area contributed by atoms with Crippen molar-refractivity contribution in [1.29, 1.82) is 0 Å². The van der Waals surface area contributed by atoms with Gasteiger partial charge >= 0.3 is 0 Å². The molecule has 0 fully saturated rings. The number of Topliss-reactive ketones (excluding diaryl/α,β-unsaturated/α-hetero) is 1. The van der Waals surface area contributed by atoms with E-state index >= 15 is 0 Å². The van der Waals surface area contributed by atoms with E-state index in [0.717, 1.165) is 39.9 Å². The van der Waals surface area contributed by atoms with E-state index in [1.807, 2.05) is 71.4 Å². The van der Waals surface area contributed by atoms with Gasteiger partial charge < -0.3 is 14.8 Å². The minimum Gasteiger partial charge on any atom is -0.493 e. The Morgan fingerprint density at radius 3 is 2.54 bits per heavy atom. The van der Waals surface area contributed by atoms with Crippen molar-refractivity contribution >= 4 is 11.7 Å². The summed E-state index contributed by atoms with van der Waals surface area (Å²) in [6, 6.07) is 23.5. The number of aryl methyl sites for hydroxylation is 1. The van der Waals surface area contributed by atoms with Crippen molar-refractivity contribution in [3.8, 4) is 22.9 Å². The summed E-state index contributed by atoms with van der Waals surface area (Å²) in [6.07, 6.45) is 1.24. The van der Waals surface area contributed by atoms with Gasteiger partial charge in [0.05, 0.1) is 7.11 Å². The van der Waals surface area contributed by atoms with Crippen molar-refractivity contribution in [3.63, 3.8) is 0 Å². The standard InChI is InChI=1S/C32H32N4O3/c1-20-10-8-9-13-23(20)30-34-31-33-24-17-32(2,3)18-25(37)28(24)29(36(31)35-30)22-14-15-26(27(16-22)38-4)39-19-21-11-6-5-7-12-21/h5-16,29H,17-19H2,1-4H3,(H,33,34,35). The molecule has 198 valence electrons. The molecule has 1 N–H and O–H groups in total. The highest BCUT2D eigenvalue weighted by atomic mass is 16.5. The van der Waals surface area contributed by atoms with Gasteiger partial charge in [0.2, 0.25) is 5.95 Å². The van der Waals surface area contributed by atoms with E-state index < -0.39 is 6.04 Å². The third kappa shape index (κ3) is 4.69. The fourth-order valence-electron chi connectivity index (χ4n) is 5.56. The van der Waals surface area contributed by atoms with Crippen LogP contribution in [-0.4, -0.2) is 27.7 Å². The number of aromatic nitrogens is 3. The Bertz CT molecular complexity index is 1590. The van der Waals surface area contributed by atoms with E-state index in [-0.39, 0.29) is 11.2 Å². The van der Waals surface area contributed by atoms with Gasteiger partial charge in [0, 0.05) is 23.3 Å². The van der Waals surface area contributed by atoms with Crippen LogP contribution in [0.5, 0.6) is 11.5 Å². The van der Waals surface area contributed by atoms with Crippen LogP contribution in [0.3, 0.4) is 0 Å². The molecule has 1 aliphatic heterocycles. The highest BCUT2D eigenvalue weighted by Crippen LogP contribution is 2.46. The minimum absolute atomic E-state index is 0.126. The van der Waals surface area contributed by atoms with Crippen LogP contribution in [0, 0.1) is 12.3 Å². The lowest BCUT2D eigenvalue weighted by molar-refractivity contribution is -0.118. The number of hydrogen-bond acceptors (Lipinski definition) is 6. The lowest BCUT2D eigenvalue weighted by atomic mass is 9.73. The number of anilines is 1. The zero-order chi connectivity index (χ0) is 27.1. The molecule has 0 amide bonds. The van der Waals surface area contributed by atoms with Crippen LogP contribution in [-0.2, 0) is 11.4 Å². The number of ketones is 1. The van der Waals surface area contributed by atoms with Gasteiger partial charge in [-0.2, -0.15) is 4.98 Å². The molecular formula is C32H32N4O3. The van der Waals surface area contributed by atoms with Crippen LogP contribution in [0.2, 0.25) is 0 Å². The summed E-state index contributed by atoms with van der Waals surface area (Å²) >= 11 is 0. The largest absolute Gasteiger partial charge is 0.493 e. The first-order chi connectivity index (χ1) is 18.8. The van der Waals surface area contributed by atoms with Crippen LogP contribution in [0.25, 0.3) is 11.4 Å². The molecule has 1 aliphatic carbocycles. The number of hydrogen-bond donors (Lipinski definition) is 1. The summed E-state index contributed by atoms with van der Waals surface area (Å²) in [5.41, 5.74) is 5.54. The predicted octanol–water partition coefficient (Wildman–Crippen LogP) is 6.50. The van der Waals surface area contributed by atoms with Gasteiger partial charge in [-0.05, 0) is 47.6 Å². The van der Waals surface area contributed by atoms with E-state index in [0.29, 0.717) is 36.3 Å². The lowest BCUT2D eigenvalue weighted by Crippen LogP contribution is -2.36. The molecule has 7 nitrogen and oxygen atoms in total. The Balaban J connectivity index is 1.43. The number of ether oxygens (including phenoxy) is 2. The number of rotatable bonds is 6. The van der Waals surface area contributed by atoms with Crippen LogP contribution < -0.4 is 14.8 Å². The summed E-state index contributed by atoms with van der Waals surface area (Å²) in [4.78, 5) is 18.5. The molecule has 0 saturated heterocycles. The number of fused-ring (bicyclic) bond motifs is 1. The maximum absolute atomic E-state index is 13.6. The van der Waals surface area contributed by atoms with Gasteiger partial charge in [0.25, 0.3) is 0 Å². The number of carbonyl (C=O) groups excluding carboxylic acids is 1. The van der Waals surface area contributed by atoms with Crippen molar-refractivity contribution in [2.24, 2.45) is 5.41 Å². The number of methoxy groups -OCH3 is 1. The van der Waals surface area contributed by atoms with Crippen molar-refractivity contribution in [1.82, 2.24) is 14.8 Å². The second-order valence-corrected chi connectivity index (χ2v) is 11.1. The first kappa shape index (κ1) is 24.9. The SMILES string of the molecule is COc1cc(C2C3=C(CC(C)(C)CC3=O)Nc3nc(-c4ccccc4C)nn32)ccc1OCc1ccccc1. The average molecular weight is 521 g/mol. The van der Waals surface area contributed by atoms with Gasteiger partial charge in [-0.15, -0.1) is 5.10 Å². The molecule has 1 unspecified atom stereocenters. The monoisotopic (exact) mass is 520 g/mol. The van der Waals surface area contributed by atoms with Gasteiger partial charge in [0.15, 0.2) is 23.1 Å². The van der Waals surface area contributed by atoms with Gasteiger partial charge in [-0.3, -0.25) is 4.79 Å². The molecule has 0 radical (unpaired) electrons. The highest BCUT2D eigenvalue weighted by Gasteiger charge is 2.42. The second-order valence-electron chi connectivity index (χ2n) is 11.1. The minimum atomic E-state index is -0.429. The summed E-state index contributed by atoms with van der Waals surface area (Å²) in [7, 11) is 1.63. The predicted molar refractivity (Wildman–Crippen MR) is 151 cm³/mol. The number of nitrogens with zero attached hydrogens (tertiary/aromatic N) is 3. The maximum atomic E-state index is 13.6. The van der Waals surface area contributed by atoms with E-state index in [4.69, 9.17) is 19.6 Å². The lowest BCUT2D eigenvalue weighted by Gasteiger charge is -2.38. The average Bonchev–Trinajstić information content (AvgIpc) is 3.34. The van der Waals surface area contributed by atoms with E-state index in [2.05, 4.69) is 32.2 Å². The van der Waals surface area contributed by atoms with E-state index in [1.54, 1.807) is 7.11 Å². The zero-order valence-corrected chi connectivity index (χ0v) is 22.7. The molecule has 2 heterocycles. The topological polar surface area (TPSA) is 78.3 Å². The van der Waals surface area contributed by atoms with Gasteiger partial charge in [-0.1, -0.05) is 74.5 Å². The maximum Gasteiger partial charge on any atom is 0.226 e. The summed E-state index contributed by atoms with van der Waals surface area (Å²) < 4.78 is 13.7. The quantitative estimate of drug-likeness (QED) is 0.313.